The van der Waals surface area contributed by atoms with Crippen LogP contribution in [0.2, 0.25) is 0 Å². The molecule has 6 nitrogen and oxygen atoms in total. The Labute approximate surface area is 108 Å². The fraction of sp³-hybridized carbons (Fsp3) is 0.727. The molecule has 0 amide bonds. The van der Waals surface area contributed by atoms with Crippen molar-refractivity contribution in [2.24, 2.45) is 0 Å². The number of aromatic amines is 1. The van der Waals surface area contributed by atoms with E-state index in [9.17, 15) is 8.42 Å². The van der Waals surface area contributed by atoms with E-state index >= 15 is 0 Å². The third-order valence-electron chi connectivity index (χ3n) is 2.67. The summed E-state index contributed by atoms with van der Waals surface area (Å²) in [6.45, 7) is 6.88. The van der Waals surface area contributed by atoms with Gasteiger partial charge in [0.05, 0.1) is 12.3 Å². The van der Waals surface area contributed by atoms with Gasteiger partial charge in [0.2, 0.25) is 10.0 Å². The number of sulfonamides is 1. The van der Waals surface area contributed by atoms with Crippen LogP contribution < -0.4 is 4.72 Å². The fourth-order valence-corrected chi connectivity index (χ4v) is 3.82. The summed E-state index contributed by atoms with van der Waals surface area (Å²) in [5.41, 5.74) is 0.0513. The standard InChI is InChI=1S/C11H21N3O3S/c1-5-6-11(3,4)14-18(16,17)10-8(2)12-13-9(10)7-15/h14-15H,5-7H2,1-4H3,(H,12,13). The van der Waals surface area contributed by atoms with Crippen molar-refractivity contribution in [1.29, 1.82) is 0 Å². The van der Waals surface area contributed by atoms with E-state index in [-0.39, 0.29) is 10.6 Å². The predicted molar refractivity (Wildman–Crippen MR) is 68.6 cm³/mol. The Morgan fingerprint density at radius 1 is 1.44 bits per heavy atom. The first kappa shape index (κ1) is 15.1. The number of aliphatic hydroxyl groups excluding tert-OH is 1. The maximum Gasteiger partial charge on any atom is 0.244 e. The van der Waals surface area contributed by atoms with Crippen LogP contribution in [0.1, 0.15) is 45.0 Å². The molecule has 1 aromatic heterocycles. The zero-order valence-corrected chi connectivity index (χ0v) is 12.1. The van der Waals surface area contributed by atoms with Gasteiger partial charge in [0.1, 0.15) is 10.6 Å². The number of nitrogens with zero attached hydrogens (tertiary/aromatic N) is 1. The first-order valence-electron chi connectivity index (χ1n) is 5.92. The van der Waals surface area contributed by atoms with Crippen LogP contribution in [0.4, 0.5) is 0 Å². The molecule has 7 heteroatoms. The Kier molecular flexibility index (Phi) is 4.52. The van der Waals surface area contributed by atoms with Crippen LogP contribution in [0.3, 0.4) is 0 Å². The predicted octanol–water partition coefficient (Wildman–Crippen LogP) is 1.07. The minimum Gasteiger partial charge on any atom is -0.390 e. The van der Waals surface area contributed by atoms with E-state index in [0.717, 1.165) is 12.8 Å². The lowest BCUT2D eigenvalue weighted by atomic mass is 10.0. The highest BCUT2D eigenvalue weighted by Crippen LogP contribution is 2.21. The van der Waals surface area contributed by atoms with Crippen LogP contribution in [-0.4, -0.2) is 29.3 Å². The summed E-state index contributed by atoms with van der Waals surface area (Å²) < 4.78 is 27.3. The second kappa shape index (κ2) is 5.38. The SMILES string of the molecule is CCCC(C)(C)NS(=O)(=O)c1c(CO)n[nH]c1C. The molecule has 1 heterocycles. The summed E-state index contributed by atoms with van der Waals surface area (Å²) in [5, 5.41) is 15.5. The molecule has 0 aliphatic heterocycles. The summed E-state index contributed by atoms with van der Waals surface area (Å²) in [4.78, 5) is 0.0502. The number of nitrogens with one attached hydrogen (secondary N) is 2. The van der Waals surface area contributed by atoms with Crippen LogP contribution in [0.5, 0.6) is 0 Å². The number of hydrogen-bond acceptors (Lipinski definition) is 4. The van der Waals surface area contributed by atoms with Gasteiger partial charge in [-0.25, -0.2) is 13.1 Å². The summed E-state index contributed by atoms with van der Waals surface area (Å²) in [5.74, 6) is 0. The van der Waals surface area contributed by atoms with Gasteiger partial charge in [-0.15, -0.1) is 0 Å². The number of aryl methyl sites for hydroxylation is 1. The van der Waals surface area contributed by atoms with Crippen LogP contribution in [0.15, 0.2) is 4.90 Å². The van der Waals surface area contributed by atoms with Crippen molar-refractivity contribution in [2.45, 2.75) is 57.6 Å². The monoisotopic (exact) mass is 275 g/mol. The number of aliphatic hydroxyl groups is 1. The highest BCUT2D eigenvalue weighted by molar-refractivity contribution is 7.89. The van der Waals surface area contributed by atoms with Crippen LogP contribution in [-0.2, 0) is 16.6 Å². The molecular formula is C11H21N3O3S. The molecule has 0 radical (unpaired) electrons. The van der Waals surface area contributed by atoms with Crippen molar-refractivity contribution in [2.75, 3.05) is 0 Å². The van der Waals surface area contributed by atoms with E-state index in [2.05, 4.69) is 14.9 Å². The van der Waals surface area contributed by atoms with Crippen LogP contribution in [0.25, 0.3) is 0 Å². The van der Waals surface area contributed by atoms with Crippen LogP contribution >= 0.6 is 0 Å². The van der Waals surface area contributed by atoms with E-state index in [4.69, 9.17) is 5.11 Å². The van der Waals surface area contributed by atoms with E-state index in [1.165, 1.54) is 0 Å². The second-order valence-corrected chi connectivity index (χ2v) is 6.64. The molecular weight excluding hydrogens is 254 g/mol. The molecule has 18 heavy (non-hydrogen) atoms. The quantitative estimate of drug-likeness (QED) is 0.723. The molecule has 0 saturated carbocycles. The lowest BCUT2D eigenvalue weighted by molar-refractivity contribution is 0.273. The van der Waals surface area contributed by atoms with E-state index in [1.807, 2.05) is 20.8 Å². The van der Waals surface area contributed by atoms with Crippen molar-refractivity contribution in [3.8, 4) is 0 Å². The maximum absolute atomic E-state index is 12.3. The van der Waals surface area contributed by atoms with Gasteiger partial charge < -0.3 is 5.11 Å². The van der Waals surface area contributed by atoms with Gasteiger partial charge in [0.15, 0.2) is 0 Å². The van der Waals surface area contributed by atoms with Crippen LogP contribution in [0, 0.1) is 6.92 Å². The average molecular weight is 275 g/mol. The summed E-state index contributed by atoms with van der Waals surface area (Å²) in [6.07, 6.45) is 1.62. The van der Waals surface area contributed by atoms with Gasteiger partial charge in [0.25, 0.3) is 0 Å². The normalized spacial score (nSPS) is 12.9. The maximum atomic E-state index is 12.3. The van der Waals surface area contributed by atoms with E-state index in [0.29, 0.717) is 5.69 Å². The molecule has 3 N–H and O–H groups in total. The largest absolute Gasteiger partial charge is 0.390 e. The first-order chi connectivity index (χ1) is 8.23. The number of aromatic nitrogens is 2. The molecule has 0 atom stereocenters. The Balaban J connectivity index is 3.11. The smallest absolute Gasteiger partial charge is 0.244 e. The minimum atomic E-state index is -3.67. The fourth-order valence-electron chi connectivity index (χ4n) is 2.02. The molecule has 0 unspecified atom stereocenters. The third-order valence-corrected chi connectivity index (χ3v) is 4.57. The minimum absolute atomic E-state index is 0.0502. The van der Waals surface area contributed by atoms with Crippen molar-refractivity contribution in [3.05, 3.63) is 11.4 Å². The number of rotatable bonds is 6. The van der Waals surface area contributed by atoms with Crippen molar-refractivity contribution < 1.29 is 13.5 Å². The van der Waals surface area contributed by atoms with Gasteiger partial charge in [-0.1, -0.05) is 13.3 Å². The Hall–Kier alpha value is -0.920. The lowest BCUT2D eigenvalue weighted by Gasteiger charge is -2.25. The number of hydrogen-bond donors (Lipinski definition) is 3. The van der Waals surface area contributed by atoms with E-state index < -0.39 is 22.2 Å². The van der Waals surface area contributed by atoms with Gasteiger partial charge in [-0.3, -0.25) is 5.10 Å². The van der Waals surface area contributed by atoms with Gasteiger partial charge in [0, 0.05) is 5.54 Å². The highest BCUT2D eigenvalue weighted by Gasteiger charge is 2.30. The van der Waals surface area contributed by atoms with Crippen molar-refractivity contribution in [3.63, 3.8) is 0 Å². The Bertz CT molecular complexity index is 506. The molecule has 1 aromatic rings. The van der Waals surface area contributed by atoms with Crippen molar-refractivity contribution >= 4 is 10.0 Å². The molecule has 0 bridgehead atoms. The Morgan fingerprint density at radius 3 is 2.56 bits per heavy atom. The topological polar surface area (TPSA) is 95.1 Å². The highest BCUT2D eigenvalue weighted by atomic mass is 32.2. The molecule has 0 saturated heterocycles. The van der Waals surface area contributed by atoms with Crippen molar-refractivity contribution in [1.82, 2.24) is 14.9 Å². The van der Waals surface area contributed by atoms with Gasteiger partial charge in [-0.05, 0) is 27.2 Å². The third kappa shape index (κ3) is 3.30. The number of H-pyrrole nitrogens is 1. The second-order valence-electron chi connectivity index (χ2n) is 5.02. The molecule has 104 valence electrons. The lowest BCUT2D eigenvalue weighted by Crippen LogP contribution is -2.43. The Morgan fingerprint density at radius 2 is 2.06 bits per heavy atom. The van der Waals surface area contributed by atoms with E-state index in [1.54, 1.807) is 6.92 Å². The zero-order valence-electron chi connectivity index (χ0n) is 11.2. The first-order valence-corrected chi connectivity index (χ1v) is 7.40. The molecule has 0 fully saturated rings. The van der Waals surface area contributed by atoms with Gasteiger partial charge in [-0.2, -0.15) is 5.10 Å². The molecule has 0 aliphatic rings. The molecule has 0 spiro atoms. The molecule has 1 rings (SSSR count). The molecule has 0 aliphatic carbocycles. The molecule has 0 aromatic carbocycles. The average Bonchev–Trinajstić information content (AvgIpc) is 2.58. The summed E-state index contributed by atoms with van der Waals surface area (Å²) in [6, 6.07) is 0. The zero-order chi connectivity index (χ0) is 14.0. The summed E-state index contributed by atoms with van der Waals surface area (Å²) >= 11 is 0. The van der Waals surface area contributed by atoms with Gasteiger partial charge >= 0.3 is 0 Å². The summed E-state index contributed by atoms with van der Waals surface area (Å²) in [7, 11) is -3.67.